The topological polar surface area (TPSA) is 71.5 Å². The third-order valence-corrected chi connectivity index (χ3v) is 8.07. The normalized spacial score (nSPS) is 15.4. The highest BCUT2D eigenvalue weighted by Crippen LogP contribution is 2.40. The van der Waals surface area contributed by atoms with Crippen LogP contribution >= 0.6 is 0 Å². The van der Waals surface area contributed by atoms with Crippen LogP contribution in [0.4, 0.5) is 0 Å². The third kappa shape index (κ3) is 3.77. The third-order valence-electron chi connectivity index (χ3n) is 8.07. The van der Waals surface area contributed by atoms with Crippen LogP contribution in [0.15, 0.2) is 67.1 Å². The van der Waals surface area contributed by atoms with Gasteiger partial charge >= 0.3 is 0 Å². The summed E-state index contributed by atoms with van der Waals surface area (Å²) in [6, 6.07) is 18.7. The number of piperidine rings is 1. The molecule has 0 aliphatic carbocycles. The Morgan fingerprint density at radius 1 is 1.00 bits per heavy atom. The molecule has 0 bridgehead atoms. The number of aromatic nitrogens is 4. The Balaban J connectivity index is 1.53. The molecule has 0 atom stereocenters. The lowest BCUT2D eigenvalue weighted by atomic mass is 9.76. The summed E-state index contributed by atoms with van der Waals surface area (Å²) in [6.07, 6.45) is 9.74. The average molecular weight is 475 g/mol. The van der Waals surface area contributed by atoms with E-state index in [0.717, 1.165) is 58.4 Å². The number of hydrogen-bond acceptors (Lipinski definition) is 4. The van der Waals surface area contributed by atoms with Crippen molar-refractivity contribution in [2.45, 2.75) is 32.7 Å². The van der Waals surface area contributed by atoms with E-state index in [0.29, 0.717) is 11.0 Å². The number of pyridine rings is 1. The first-order chi connectivity index (χ1) is 17.6. The molecule has 0 amide bonds. The Kier molecular flexibility index (Phi) is 5.58. The summed E-state index contributed by atoms with van der Waals surface area (Å²) in [4.78, 5) is 5.06. The van der Waals surface area contributed by atoms with Crippen molar-refractivity contribution < 1.29 is 0 Å². The molecule has 180 valence electrons. The van der Waals surface area contributed by atoms with Gasteiger partial charge in [0, 0.05) is 41.7 Å². The second-order valence-corrected chi connectivity index (χ2v) is 10.1. The maximum absolute atomic E-state index is 9.33. The second-order valence-electron chi connectivity index (χ2n) is 10.1. The van der Waals surface area contributed by atoms with Crippen molar-refractivity contribution >= 4 is 21.8 Å². The Morgan fingerprint density at radius 3 is 2.53 bits per heavy atom. The molecule has 3 aromatic heterocycles. The number of fused-ring (bicyclic) bond motifs is 2. The van der Waals surface area contributed by atoms with Crippen LogP contribution in [0.1, 0.15) is 31.7 Å². The Labute approximate surface area is 211 Å². The molecule has 6 rings (SSSR count). The van der Waals surface area contributed by atoms with Crippen LogP contribution in [-0.2, 0) is 13.6 Å². The molecular formula is C30H30N6. The first-order valence-corrected chi connectivity index (χ1v) is 12.7. The van der Waals surface area contributed by atoms with E-state index in [1.54, 1.807) is 0 Å². The van der Waals surface area contributed by atoms with E-state index in [1.807, 2.05) is 48.4 Å². The minimum atomic E-state index is 0.315. The number of hydrogen-bond donors (Lipinski definition) is 1. The van der Waals surface area contributed by atoms with Crippen LogP contribution < -0.4 is 5.32 Å². The maximum Gasteiger partial charge on any atom is 0.0991 e. The Morgan fingerprint density at radius 2 is 1.78 bits per heavy atom. The van der Waals surface area contributed by atoms with E-state index in [-0.39, 0.29) is 0 Å². The summed E-state index contributed by atoms with van der Waals surface area (Å²) in [5.41, 5.74) is 7.41. The van der Waals surface area contributed by atoms with Crippen molar-refractivity contribution in [1.82, 2.24) is 24.6 Å². The highest BCUT2D eigenvalue weighted by molar-refractivity contribution is 6.02. The minimum absolute atomic E-state index is 0.315. The van der Waals surface area contributed by atoms with Gasteiger partial charge in [0.1, 0.15) is 0 Å². The van der Waals surface area contributed by atoms with Gasteiger partial charge in [-0.2, -0.15) is 10.4 Å². The van der Waals surface area contributed by atoms with Gasteiger partial charge in [0.05, 0.1) is 40.8 Å². The maximum atomic E-state index is 9.33. The van der Waals surface area contributed by atoms with Gasteiger partial charge in [0.15, 0.2) is 0 Å². The van der Waals surface area contributed by atoms with Crippen molar-refractivity contribution in [3.8, 4) is 28.5 Å². The van der Waals surface area contributed by atoms with Crippen molar-refractivity contribution in [3.05, 3.63) is 72.7 Å². The lowest BCUT2D eigenvalue weighted by molar-refractivity contribution is 0.163. The summed E-state index contributed by atoms with van der Waals surface area (Å²) < 4.78 is 4.29. The highest BCUT2D eigenvalue weighted by atomic mass is 15.2. The average Bonchev–Trinajstić information content (AvgIpc) is 3.51. The standard InChI is InChI=1S/C30H30N6/c1-3-30(11-13-32-14-12-30)20-36-15-10-25-27(36)19-33-29(28(25)22-6-4-21(17-31)5-7-22)23-8-9-26-24(16-23)18-34-35(26)2/h4-10,15-16,18-19,32H,3,11-14,20H2,1-2H3. The minimum Gasteiger partial charge on any atom is -0.346 e. The van der Waals surface area contributed by atoms with Gasteiger partial charge in [0.2, 0.25) is 0 Å². The SMILES string of the molecule is CCC1(Cn2ccc3c(-c4ccc(C#N)cc4)c(-c4ccc5c(cnn5C)c4)ncc32)CCNCC1. The van der Waals surface area contributed by atoms with Gasteiger partial charge in [-0.15, -0.1) is 0 Å². The molecule has 5 aromatic rings. The number of nitriles is 1. The second kappa shape index (κ2) is 8.92. The van der Waals surface area contributed by atoms with Crippen LogP contribution in [0.3, 0.4) is 0 Å². The van der Waals surface area contributed by atoms with Crippen LogP contribution in [-0.4, -0.2) is 32.4 Å². The van der Waals surface area contributed by atoms with Crippen LogP contribution in [0.2, 0.25) is 0 Å². The monoisotopic (exact) mass is 474 g/mol. The molecule has 6 heteroatoms. The van der Waals surface area contributed by atoms with Gasteiger partial charge in [0.25, 0.3) is 0 Å². The smallest absolute Gasteiger partial charge is 0.0991 e. The van der Waals surface area contributed by atoms with E-state index in [4.69, 9.17) is 4.98 Å². The number of aryl methyl sites for hydroxylation is 1. The van der Waals surface area contributed by atoms with E-state index >= 15 is 0 Å². The first-order valence-electron chi connectivity index (χ1n) is 12.7. The summed E-state index contributed by atoms with van der Waals surface area (Å²) >= 11 is 0. The molecule has 6 nitrogen and oxygen atoms in total. The molecule has 2 aromatic carbocycles. The fourth-order valence-corrected chi connectivity index (χ4v) is 5.77. The molecule has 1 aliphatic heterocycles. The lowest BCUT2D eigenvalue weighted by Crippen LogP contribution is -2.39. The predicted octanol–water partition coefficient (Wildman–Crippen LogP) is 5.91. The molecule has 36 heavy (non-hydrogen) atoms. The number of rotatable bonds is 5. The van der Waals surface area contributed by atoms with Crippen molar-refractivity contribution in [2.24, 2.45) is 12.5 Å². The molecule has 0 unspecified atom stereocenters. The van der Waals surface area contributed by atoms with E-state index in [9.17, 15) is 5.26 Å². The largest absolute Gasteiger partial charge is 0.346 e. The zero-order valence-corrected chi connectivity index (χ0v) is 20.8. The van der Waals surface area contributed by atoms with Crippen LogP contribution in [0.5, 0.6) is 0 Å². The zero-order chi connectivity index (χ0) is 24.7. The molecule has 0 spiro atoms. The Hall–Kier alpha value is -3.95. The van der Waals surface area contributed by atoms with Crippen molar-refractivity contribution in [1.29, 1.82) is 5.26 Å². The zero-order valence-electron chi connectivity index (χ0n) is 20.8. The molecule has 1 N–H and O–H groups in total. The quantitative estimate of drug-likeness (QED) is 0.344. The lowest BCUT2D eigenvalue weighted by Gasteiger charge is -2.37. The molecule has 0 saturated carbocycles. The highest BCUT2D eigenvalue weighted by Gasteiger charge is 2.31. The molecular weight excluding hydrogens is 444 g/mol. The fraction of sp³-hybridized carbons (Fsp3) is 0.300. The predicted molar refractivity (Wildman–Crippen MR) is 144 cm³/mol. The number of benzene rings is 2. The summed E-state index contributed by atoms with van der Waals surface area (Å²) in [7, 11) is 1.96. The van der Waals surface area contributed by atoms with Gasteiger partial charge in [-0.1, -0.05) is 25.1 Å². The number of nitrogens with one attached hydrogen (secondary N) is 1. The van der Waals surface area contributed by atoms with Gasteiger partial charge in [-0.3, -0.25) is 9.67 Å². The van der Waals surface area contributed by atoms with Crippen molar-refractivity contribution in [2.75, 3.05) is 13.1 Å². The molecule has 1 fully saturated rings. The molecule has 4 heterocycles. The Bertz CT molecular complexity index is 1590. The molecule has 0 radical (unpaired) electrons. The molecule has 1 aliphatic rings. The summed E-state index contributed by atoms with van der Waals surface area (Å²) in [6.45, 7) is 5.50. The summed E-state index contributed by atoms with van der Waals surface area (Å²) in [5, 5.41) is 19.6. The van der Waals surface area contributed by atoms with E-state index in [2.05, 4.69) is 58.4 Å². The summed E-state index contributed by atoms with van der Waals surface area (Å²) in [5.74, 6) is 0. The number of nitrogens with zero attached hydrogens (tertiary/aromatic N) is 5. The van der Waals surface area contributed by atoms with Crippen LogP contribution in [0, 0.1) is 16.7 Å². The molecule has 1 saturated heterocycles. The van der Waals surface area contributed by atoms with Crippen LogP contribution in [0.25, 0.3) is 44.2 Å². The van der Waals surface area contributed by atoms with Gasteiger partial charge < -0.3 is 9.88 Å². The van der Waals surface area contributed by atoms with E-state index < -0.39 is 0 Å². The van der Waals surface area contributed by atoms with Gasteiger partial charge in [-0.25, -0.2) is 0 Å². The van der Waals surface area contributed by atoms with E-state index in [1.165, 1.54) is 24.6 Å². The van der Waals surface area contributed by atoms with Crippen molar-refractivity contribution in [3.63, 3.8) is 0 Å². The van der Waals surface area contributed by atoms with Gasteiger partial charge in [-0.05, 0) is 73.7 Å². The first kappa shape index (κ1) is 22.5. The fourth-order valence-electron chi connectivity index (χ4n) is 5.77.